The first-order valence-electron chi connectivity index (χ1n) is 6.41. The van der Waals surface area contributed by atoms with Crippen LogP contribution in [-0.2, 0) is 6.54 Å². The maximum Gasteiger partial charge on any atom is 0.321 e. The van der Waals surface area contributed by atoms with Gasteiger partial charge in [-0.2, -0.15) is 0 Å². The third-order valence-electron chi connectivity index (χ3n) is 3.07. The van der Waals surface area contributed by atoms with E-state index in [1.54, 1.807) is 19.1 Å². The van der Waals surface area contributed by atoms with Crippen LogP contribution in [0, 0.1) is 0 Å². The molecule has 0 spiro atoms. The van der Waals surface area contributed by atoms with Crippen molar-refractivity contribution in [1.82, 2.24) is 5.32 Å². The molecule has 0 fully saturated rings. The van der Waals surface area contributed by atoms with Crippen LogP contribution in [0.2, 0.25) is 0 Å². The van der Waals surface area contributed by atoms with E-state index in [0.717, 1.165) is 17.0 Å². The van der Waals surface area contributed by atoms with E-state index < -0.39 is 0 Å². The number of urea groups is 1. The predicted octanol–water partition coefficient (Wildman–Crippen LogP) is 3.04. The smallest absolute Gasteiger partial charge is 0.321 e. The molecule has 0 bridgehead atoms. The summed E-state index contributed by atoms with van der Waals surface area (Å²) < 4.78 is 5.26. The van der Waals surface area contributed by atoms with Crippen LogP contribution in [0.25, 0.3) is 0 Å². The molecule has 0 heterocycles. The Hall–Kier alpha value is -2.49. The molecular formula is C16H18N2O2. The van der Waals surface area contributed by atoms with Crippen molar-refractivity contribution in [3.8, 4) is 5.75 Å². The third kappa shape index (κ3) is 3.29. The lowest BCUT2D eigenvalue weighted by Gasteiger charge is -2.18. The zero-order chi connectivity index (χ0) is 14.4. The number of rotatable bonds is 4. The summed E-state index contributed by atoms with van der Waals surface area (Å²) in [7, 11) is 3.36. The molecule has 4 heteroatoms. The number of carbonyl (C=O) groups is 1. The Morgan fingerprint density at radius 1 is 1.10 bits per heavy atom. The number of benzene rings is 2. The van der Waals surface area contributed by atoms with Gasteiger partial charge in [-0.3, -0.25) is 4.90 Å². The molecule has 1 N–H and O–H groups in total. The van der Waals surface area contributed by atoms with E-state index in [0.29, 0.717) is 6.54 Å². The molecule has 20 heavy (non-hydrogen) atoms. The quantitative estimate of drug-likeness (QED) is 0.927. The first-order chi connectivity index (χ1) is 9.72. The zero-order valence-corrected chi connectivity index (χ0v) is 11.7. The molecule has 0 aromatic heterocycles. The van der Waals surface area contributed by atoms with Gasteiger partial charge in [0.25, 0.3) is 0 Å². The summed E-state index contributed by atoms with van der Waals surface area (Å²) in [5.41, 5.74) is 1.80. The van der Waals surface area contributed by atoms with Crippen LogP contribution < -0.4 is 15.0 Å². The summed E-state index contributed by atoms with van der Waals surface area (Å²) in [6.07, 6.45) is 0. The SMILES string of the molecule is COc1ccccc1CNC(=O)N(C)c1ccccc1. The summed E-state index contributed by atoms with van der Waals surface area (Å²) in [4.78, 5) is 13.7. The number of hydrogen-bond donors (Lipinski definition) is 1. The van der Waals surface area contributed by atoms with Gasteiger partial charge in [0.1, 0.15) is 5.75 Å². The zero-order valence-electron chi connectivity index (χ0n) is 11.7. The standard InChI is InChI=1S/C16H18N2O2/c1-18(14-9-4-3-5-10-14)16(19)17-12-13-8-6-7-11-15(13)20-2/h3-11H,12H2,1-2H3,(H,17,19). The first kappa shape index (κ1) is 13.9. The van der Waals surface area contributed by atoms with Gasteiger partial charge in [-0.1, -0.05) is 36.4 Å². The van der Waals surface area contributed by atoms with Gasteiger partial charge in [-0.25, -0.2) is 4.79 Å². The number of para-hydroxylation sites is 2. The molecule has 2 amide bonds. The van der Waals surface area contributed by atoms with Gasteiger partial charge in [0.05, 0.1) is 7.11 Å². The second kappa shape index (κ2) is 6.61. The lowest BCUT2D eigenvalue weighted by atomic mass is 10.2. The Morgan fingerprint density at radius 3 is 2.45 bits per heavy atom. The Labute approximate surface area is 119 Å². The fourth-order valence-corrected chi connectivity index (χ4v) is 1.91. The average molecular weight is 270 g/mol. The van der Waals surface area contributed by atoms with Crippen molar-refractivity contribution < 1.29 is 9.53 Å². The number of ether oxygens (including phenoxy) is 1. The fourth-order valence-electron chi connectivity index (χ4n) is 1.91. The van der Waals surface area contributed by atoms with Crippen LogP contribution in [0.5, 0.6) is 5.75 Å². The summed E-state index contributed by atoms with van der Waals surface area (Å²) in [5, 5.41) is 2.88. The van der Waals surface area contributed by atoms with Crippen molar-refractivity contribution in [2.24, 2.45) is 0 Å². The molecule has 0 aliphatic heterocycles. The van der Waals surface area contributed by atoms with E-state index in [1.807, 2.05) is 54.6 Å². The summed E-state index contributed by atoms with van der Waals surface area (Å²) >= 11 is 0. The van der Waals surface area contributed by atoms with E-state index >= 15 is 0 Å². The van der Waals surface area contributed by atoms with Gasteiger partial charge < -0.3 is 10.1 Å². The number of carbonyl (C=O) groups excluding carboxylic acids is 1. The number of amides is 2. The van der Waals surface area contributed by atoms with Crippen LogP contribution >= 0.6 is 0 Å². The molecule has 104 valence electrons. The summed E-state index contributed by atoms with van der Waals surface area (Å²) in [6.45, 7) is 0.431. The lowest BCUT2D eigenvalue weighted by Crippen LogP contribution is -2.36. The van der Waals surface area contributed by atoms with Gasteiger partial charge in [0.15, 0.2) is 0 Å². The third-order valence-corrected chi connectivity index (χ3v) is 3.07. The Bertz CT molecular complexity index is 570. The van der Waals surface area contributed by atoms with Gasteiger partial charge in [-0.05, 0) is 18.2 Å². The molecule has 0 aliphatic rings. The highest BCUT2D eigenvalue weighted by Gasteiger charge is 2.10. The fraction of sp³-hybridized carbons (Fsp3) is 0.188. The van der Waals surface area contributed by atoms with Crippen LogP contribution in [0.3, 0.4) is 0 Å². The molecule has 2 rings (SSSR count). The largest absolute Gasteiger partial charge is 0.496 e. The highest BCUT2D eigenvalue weighted by atomic mass is 16.5. The van der Waals surface area contributed by atoms with Gasteiger partial charge in [0, 0.05) is 24.8 Å². The second-order valence-electron chi connectivity index (χ2n) is 4.37. The number of hydrogen-bond acceptors (Lipinski definition) is 2. The van der Waals surface area contributed by atoms with Crippen molar-refractivity contribution in [3.05, 3.63) is 60.2 Å². The molecule has 0 unspecified atom stereocenters. The van der Waals surface area contributed by atoms with Gasteiger partial charge in [-0.15, -0.1) is 0 Å². The van der Waals surface area contributed by atoms with Crippen molar-refractivity contribution in [2.75, 3.05) is 19.1 Å². The number of nitrogens with zero attached hydrogens (tertiary/aromatic N) is 1. The molecule has 0 aliphatic carbocycles. The Balaban J connectivity index is 1.99. The minimum atomic E-state index is -0.151. The van der Waals surface area contributed by atoms with Crippen LogP contribution in [0.1, 0.15) is 5.56 Å². The highest BCUT2D eigenvalue weighted by Crippen LogP contribution is 2.17. The Morgan fingerprint density at radius 2 is 1.75 bits per heavy atom. The van der Waals surface area contributed by atoms with E-state index in [-0.39, 0.29) is 6.03 Å². The normalized spacial score (nSPS) is 9.90. The minimum Gasteiger partial charge on any atom is -0.496 e. The predicted molar refractivity (Wildman–Crippen MR) is 80.1 cm³/mol. The van der Waals surface area contributed by atoms with Gasteiger partial charge >= 0.3 is 6.03 Å². The number of nitrogens with one attached hydrogen (secondary N) is 1. The van der Waals surface area contributed by atoms with E-state index in [4.69, 9.17) is 4.74 Å². The number of anilines is 1. The van der Waals surface area contributed by atoms with Crippen LogP contribution in [-0.4, -0.2) is 20.2 Å². The molecule has 2 aromatic rings. The van der Waals surface area contributed by atoms with Crippen molar-refractivity contribution in [3.63, 3.8) is 0 Å². The first-order valence-corrected chi connectivity index (χ1v) is 6.41. The molecule has 4 nitrogen and oxygen atoms in total. The molecular weight excluding hydrogens is 252 g/mol. The van der Waals surface area contributed by atoms with Crippen molar-refractivity contribution in [1.29, 1.82) is 0 Å². The second-order valence-corrected chi connectivity index (χ2v) is 4.37. The van der Waals surface area contributed by atoms with Crippen LogP contribution in [0.15, 0.2) is 54.6 Å². The molecule has 0 atom stereocenters. The lowest BCUT2D eigenvalue weighted by molar-refractivity contribution is 0.247. The highest BCUT2D eigenvalue weighted by molar-refractivity contribution is 5.91. The van der Waals surface area contributed by atoms with Crippen LogP contribution in [0.4, 0.5) is 10.5 Å². The van der Waals surface area contributed by atoms with E-state index in [1.165, 1.54) is 0 Å². The van der Waals surface area contributed by atoms with Gasteiger partial charge in [0.2, 0.25) is 0 Å². The molecule has 0 saturated carbocycles. The van der Waals surface area contributed by atoms with E-state index in [2.05, 4.69) is 5.32 Å². The maximum absolute atomic E-state index is 12.1. The maximum atomic E-state index is 12.1. The molecule has 2 aromatic carbocycles. The van der Waals surface area contributed by atoms with Crippen molar-refractivity contribution in [2.45, 2.75) is 6.54 Å². The minimum absolute atomic E-state index is 0.151. The van der Waals surface area contributed by atoms with E-state index in [9.17, 15) is 4.79 Å². The molecule has 0 saturated heterocycles. The van der Waals surface area contributed by atoms with Crippen molar-refractivity contribution >= 4 is 11.7 Å². The number of methoxy groups -OCH3 is 1. The molecule has 0 radical (unpaired) electrons. The topological polar surface area (TPSA) is 41.6 Å². The Kier molecular flexibility index (Phi) is 4.60. The monoisotopic (exact) mass is 270 g/mol. The summed E-state index contributed by atoms with van der Waals surface area (Å²) in [5.74, 6) is 0.773. The average Bonchev–Trinajstić information content (AvgIpc) is 2.53. The summed E-state index contributed by atoms with van der Waals surface area (Å²) in [6, 6.07) is 17.0.